The minimum absolute atomic E-state index is 0.900. The molecule has 0 unspecified atom stereocenters. The van der Waals surface area contributed by atoms with Crippen molar-refractivity contribution in [2.24, 2.45) is 0 Å². The Labute approximate surface area is 212 Å². The van der Waals surface area contributed by atoms with E-state index in [1.807, 2.05) is 18.6 Å². The maximum absolute atomic E-state index is 4.93. The largest absolute Gasteiger partial charge is 0.309 e. The average Bonchev–Trinajstić information content (AvgIpc) is 3.67. The second kappa shape index (κ2) is 6.83. The predicted molar refractivity (Wildman–Crippen MR) is 151 cm³/mol. The maximum atomic E-state index is 4.93. The van der Waals surface area contributed by atoms with E-state index in [4.69, 9.17) is 4.98 Å². The van der Waals surface area contributed by atoms with Crippen molar-refractivity contribution >= 4 is 49.1 Å². The standard InChI is InChI=1S/C33H20N4/c1-2-9-21(10-3-1)37-27-13-7-6-12-23(27)29-28-22-11-5-4-8-20(22)18-24(28)31-30(32(29)37)25-19-34-15-14-26(25)36-17-16-35-33(31)36/h1-17,19H,18H2. The van der Waals surface area contributed by atoms with Gasteiger partial charge in [-0.3, -0.25) is 9.38 Å². The quantitative estimate of drug-likeness (QED) is 0.229. The van der Waals surface area contributed by atoms with Gasteiger partial charge in [0, 0.05) is 57.4 Å². The molecule has 0 saturated carbocycles. The summed E-state index contributed by atoms with van der Waals surface area (Å²) in [7, 11) is 0. The van der Waals surface area contributed by atoms with Gasteiger partial charge in [0.05, 0.1) is 16.6 Å². The van der Waals surface area contributed by atoms with Gasteiger partial charge in [-0.05, 0) is 52.9 Å². The summed E-state index contributed by atoms with van der Waals surface area (Å²) in [6.07, 6.45) is 8.79. The molecular weight excluding hydrogens is 452 g/mol. The molecule has 0 N–H and O–H groups in total. The summed E-state index contributed by atoms with van der Waals surface area (Å²) in [6, 6.07) is 30.5. The molecule has 37 heavy (non-hydrogen) atoms. The summed E-state index contributed by atoms with van der Waals surface area (Å²) in [5, 5.41) is 6.18. The third-order valence-corrected chi connectivity index (χ3v) is 8.07. The van der Waals surface area contributed by atoms with Gasteiger partial charge in [0.15, 0.2) is 0 Å². The fraction of sp³-hybridized carbons (Fsp3) is 0.0303. The molecule has 4 heteroatoms. The molecule has 172 valence electrons. The fourth-order valence-corrected chi connectivity index (χ4v) is 6.68. The Kier molecular flexibility index (Phi) is 3.55. The number of hydrogen-bond donors (Lipinski definition) is 0. The molecule has 0 saturated heterocycles. The highest BCUT2D eigenvalue weighted by molar-refractivity contribution is 6.32. The summed E-state index contributed by atoms with van der Waals surface area (Å²) in [4.78, 5) is 9.54. The number of aromatic nitrogens is 4. The third-order valence-electron chi connectivity index (χ3n) is 8.07. The lowest BCUT2D eigenvalue weighted by atomic mass is 9.92. The van der Waals surface area contributed by atoms with E-state index < -0.39 is 0 Å². The highest BCUT2D eigenvalue weighted by atomic mass is 15.0. The van der Waals surface area contributed by atoms with Crippen LogP contribution in [-0.4, -0.2) is 18.9 Å². The van der Waals surface area contributed by atoms with Gasteiger partial charge in [-0.15, -0.1) is 0 Å². The number of para-hydroxylation sites is 2. The first-order valence-corrected chi connectivity index (χ1v) is 12.6. The van der Waals surface area contributed by atoms with E-state index >= 15 is 0 Å². The molecule has 0 bridgehead atoms. The number of rotatable bonds is 1. The number of hydrogen-bond acceptors (Lipinski definition) is 2. The molecule has 0 spiro atoms. The first-order valence-electron chi connectivity index (χ1n) is 12.6. The van der Waals surface area contributed by atoms with Gasteiger partial charge >= 0.3 is 0 Å². The first-order chi connectivity index (χ1) is 18.4. The molecule has 0 aliphatic heterocycles. The Morgan fingerprint density at radius 1 is 0.676 bits per heavy atom. The van der Waals surface area contributed by atoms with Crippen LogP contribution in [0.5, 0.6) is 0 Å². The van der Waals surface area contributed by atoms with E-state index in [-0.39, 0.29) is 0 Å². The van der Waals surface area contributed by atoms with Crippen LogP contribution in [0.1, 0.15) is 11.1 Å². The number of benzene rings is 4. The van der Waals surface area contributed by atoms with Gasteiger partial charge in [-0.2, -0.15) is 0 Å². The monoisotopic (exact) mass is 472 g/mol. The molecule has 4 aromatic heterocycles. The van der Waals surface area contributed by atoms with Crippen molar-refractivity contribution < 1.29 is 0 Å². The molecular formula is C33H20N4. The molecule has 9 rings (SSSR count). The zero-order chi connectivity index (χ0) is 24.1. The molecule has 0 atom stereocenters. The molecule has 4 aromatic carbocycles. The van der Waals surface area contributed by atoms with Crippen LogP contribution in [0.2, 0.25) is 0 Å². The molecule has 0 amide bonds. The number of nitrogens with zero attached hydrogens (tertiary/aromatic N) is 4. The van der Waals surface area contributed by atoms with Crippen molar-refractivity contribution in [2.75, 3.05) is 0 Å². The van der Waals surface area contributed by atoms with Crippen molar-refractivity contribution in [3.63, 3.8) is 0 Å². The van der Waals surface area contributed by atoms with E-state index in [1.54, 1.807) is 0 Å². The Morgan fingerprint density at radius 3 is 2.46 bits per heavy atom. The number of fused-ring (bicyclic) bond motifs is 15. The van der Waals surface area contributed by atoms with Crippen LogP contribution in [0.25, 0.3) is 65.9 Å². The number of pyridine rings is 2. The van der Waals surface area contributed by atoms with Crippen LogP contribution in [0.4, 0.5) is 0 Å². The topological polar surface area (TPSA) is 35.1 Å². The zero-order valence-electron chi connectivity index (χ0n) is 19.9. The van der Waals surface area contributed by atoms with Crippen molar-refractivity contribution in [3.05, 3.63) is 121 Å². The summed E-state index contributed by atoms with van der Waals surface area (Å²) >= 11 is 0. The van der Waals surface area contributed by atoms with Crippen molar-refractivity contribution in [3.8, 4) is 16.8 Å². The van der Waals surface area contributed by atoms with Gasteiger partial charge in [0.25, 0.3) is 0 Å². The van der Waals surface area contributed by atoms with Crippen LogP contribution < -0.4 is 0 Å². The molecule has 0 fully saturated rings. The third kappa shape index (κ3) is 2.33. The van der Waals surface area contributed by atoms with Crippen LogP contribution in [0.15, 0.2) is 110 Å². The van der Waals surface area contributed by atoms with Crippen molar-refractivity contribution in [1.82, 2.24) is 18.9 Å². The smallest absolute Gasteiger partial charge is 0.145 e. The first kappa shape index (κ1) is 19.3. The van der Waals surface area contributed by atoms with Gasteiger partial charge in [-0.25, -0.2) is 4.98 Å². The molecule has 1 aliphatic carbocycles. The number of imidazole rings is 1. The highest BCUT2D eigenvalue weighted by Gasteiger charge is 2.30. The van der Waals surface area contributed by atoms with Crippen LogP contribution >= 0.6 is 0 Å². The lowest BCUT2D eigenvalue weighted by Crippen LogP contribution is -1.99. The van der Waals surface area contributed by atoms with E-state index in [0.29, 0.717) is 0 Å². The summed E-state index contributed by atoms with van der Waals surface area (Å²) < 4.78 is 4.67. The maximum Gasteiger partial charge on any atom is 0.145 e. The Balaban J connectivity index is 1.70. The average molecular weight is 473 g/mol. The zero-order valence-corrected chi connectivity index (χ0v) is 19.9. The van der Waals surface area contributed by atoms with Gasteiger partial charge in [-0.1, -0.05) is 60.7 Å². The minimum atomic E-state index is 0.900. The summed E-state index contributed by atoms with van der Waals surface area (Å²) in [5.41, 5.74) is 11.1. The van der Waals surface area contributed by atoms with Crippen LogP contribution in [0, 0.1) is 0 Å². The van der Waals surface area contributed by atoms with E-state index in [0.717, 1.165) is 28.7 Å². The molecule has 8 aromatic rings. The van der Waals surface area contributed by atoms with Gasteiger partial charge < -0.3 is 4.57 Å². The summed E-state index contributed by atoms with van der Waals surface area (Å²) in [6.45, 7) is 0. The SMILES string of the molecule is c1ccc(-n2c3ccccc3c3c4c(c5c(c6cnccc6n6ccnc56)c32)Cc2ccccc2-4)cc1. The van der Waals surface area contributed by atoms with Gasteiger partial charge in [0.2, 0.25) is 0 Å². The lowest BCUT2D eigenvalue weighted by molar-refractivity contribution is 1.18. The second-order valence-electron chi connectivity index (χ2n) is 9.86. The highest BCUT2D eigenvalue weighted by Crippen LogP contribution is 2.51. The molecule has 0 radical (unpaired) electrons. The Morgan fingerprint density at radius 2 is 1.51 bits per heavy atom. The van der Waals surface area contributed by atoms with Crippen molar-refractivity contribution in [1.29, 1.82) is 0 Å². The molecule has 4 nitrogen and oxygen atoms in total. The normalized spacial score (nSPS) is 12.8. The lowest BCUT2D eigenvalue weighted by Gasteiger charge is -2.16. The van der Waals surface area contributed by atoms with Gasteiger partial charge in [0.1, 0.15) is 5.65 Å². The van der Waals surface area contributed by atoms with Crippen LogP contribution in [0.3, 0.4) is 0 Å². The molecule has 4 heterocycles. The van der Waals surface area contributed by atoms with E-state index in [9.17, 15) is 0 Å². The Hall–Kier alpha value is -4.96. The van der Waals surface area contributed by atoms with E-state index in [2.05, 4.69) is 105 Å². The minimum Gasteiger partial charge on any atom is -0.309 e. The molecule has 1 aliphatic rings. The second-order valence-corrected chi connectivity index (χ2v) is 9.86. The van der Waals surface area contributed by atoms with E-state index in [1.165, 1.54) is 54.8 Å². The fourth-order valence-electron chi connectivity index (χ4n) is 6.68. The van der Waals surface area contributed by atoms with Crippen LogP contribution in [-0.2, 0) is 6.42 Å². The predicted octanol–water partition coefficient (Wildman–Crippen LogP) is 7.70. The summed E-state index contributed by atoms with van der Waals surface area (Å²) in [5.74, 6) is 0. The van der Waals surface area contributed by atoms with Crippen molar-refractivity contribution in [2.45, 2.75) is 6.42 Å². The Bertz CT molecular complexity index is 2220.